The van der Waals surface area contributed by atoms with Crippen LogP contribution >= 0.6 is 0 Å². The van der Waals surface area contributed by atoms with Gasteiger partial charge in [0.05, 0.1) is 23.0 Å². The molecular formula is C15H17FN2O3. The number of rotatable bonds is 2. The van der Waals surface area contributed by atoms with Crippen LogP contribution in [-0.4, -0.2) is 36.0 Å². The molecule has 1 amide bonds. The van der Waals surface area contributed by atoms with Crippen LogP contribution in [0.4, 0.5) is 15.8 Å². The van der Waals surface area contributed by atoms with E-state index in [0.29, 0.717) is 24.5 Å². The molecule has 2 aliphatic heterocycles. The molecule has 21 heavy (non-hydrogen) atoms. The Hall–Kier alpha value is -1.95. The molecular weight excluding hydrogens is 275 g/mol. The molecule has 5 nitrogen and oxygen atoms in total. The van der Waals surface area contributed by atoms with Crippen molar-refractivity contribution in [2.24, 2.45) is 5.92 Å². The Bertz CT molecular complexity index is 607. The molecule has 0 aliphatic carbocycles. The highest BCUT2D eigenvalue weighted by molar-refractivity contribution is 6.51. The summed E-state index contributed by atoms with van der Waals surface area (Å²) in [5.41, 5.74) is 0.868. The zero-order valence-corrected chi connectivity index (χ0v) is 11.7. The van der Waals surface area contributed by atoms with E-state index in [1.165, 1.54) is 6.07 Å². The molecule has 2 N–H and O–H groups in total. The molecule has 0 saturated carbocycles. The van der Waals surface area contributed by atoms with E-state index >= 15 is 0 Å². The third-order valence-corrected chi connectivity index (χ3v) is 4.35. The molecule has 2 heterocycles. The Morgan fingerprint density at radius 3 is 2.62 bits per heavy atom. The number of aliphatic hydroxyl groups excluding tert-OH is 1. The molecule has 1 saturated heterocycles. The molecule has 1 fully saturated rings. The lowest BCUT2D eigenvalue weighted by Crippen LogP contribution is -2.37. The van der Waals surface area contributed by atoms with E-state index in [2.05, 4.69) is 5.32 Å². The highest BCUT2D eigenvalue weighted by Gasteiger charge is 2.31. The van der Waals surface area contributed by atoms with Crippen molar-refractivity contribution in [3.05, 3.63) is 23.5 Å². The van der Waals surface area contributed by atoms with E-state index < -0.39 is 17.5 Å². The lowest BCUT2D eigenvalue weighted by molar-refractivity contribution is -0.112. The molecule has 0 bridgehead atoms. The maximum absolute atomic E-state index is 14.2. The van der Waals surface area contributed by atoms with Gasteiger partial charge in [0.25, 0.3) is 11.7 Å². The minimum atomic E-state index is -0.714. The summed E-state index contributed by atoms with van der Waals surface area (Å²) >= 11 is 0. The summed E-state index contributed by atoms with van der Waals surface area (Å²) in [5, 5.41) is 12.1. The minimum absolute atomic E-state index is 0.0973. The topological polar surface area (TPSA) is 69.6 Å². The first kappa shape index (κ1) is 14.0. The summed E-state index contributed by atoms with van der Waals surface area (Å²) in [6.45, 7) is 3.07. The van der Waals surface area contributed by atoms with E-state index in [4.69, 9.17) is 0 Å². The Balaban J connectivity index is 1.83. The summed E-state index contributed by atoms with van der Waals surface area (Å²) in [5.74, 6) is -1.66. The van der Waals surface area contributed by atoms with Crippen molar-refractivity contribution in [2.45, 2.75) is 25.9 Å². The number of hydrogen-bond donors (Lipinski definition) is 2. The number of hydrogen-bond acceptors (Lipinski definition) is 4. The predicted molar refractivity (Wildman–Crippen MR) is 76.0 cm³/mol. The number of anilines is 2. The lowest BCUT2D eigenvalue weighted by atomic mass is 9.92. The fourth-order valence-electron chi connectivity index (χ4n) is 3.02. The zero-order valence-electron chi connectivity index (χ0n) is 11.7. The lowest BCUT2D eigenvalue weighted by Gasteiger charge is -2.35. The summed E-state index contributed by atoms with van der Waals surface area (Å²) < 4.78 is 14.2. The number of nitrogens with zero attached hydrogens (tertiary/aromatic N) is 1. The maximum Gasteiger partial charge on any atom is 0.296 e. The number of amides is 1. The molecule has 6 heteroatoms. The molecule has 112 valence electrons. The summed E-state index contributed by atoms with van der Waals surface area (Å²) in [6, 6.07) is 2.65. The van der Waals surface area contributed by atoms with Gasteiger partial charge in [-0.05, 0) is 37.8 Å². The van der Waals surface area contributed by atoms with Gasteiger partial charge < -0.3 is 15.3 Å². The molecule has 0 aromatic heterocycles. The van der Waals surface area contributed by atoms with Crippen molar-refractivity contribution in [1.82, 2.24) is 0 Å². The van der Waals surface area contributed by atoms with Crippen LogP contribution in [-0.2, 0) is 4.79 Å². The number of nitrogens with one attached hydrogen (secondary N) is 1. The van der Waals surface area contributed by atoms with Gasteiger partial charge >= 0.3 is 0 Å². The molecule has 1 aromatic rings. The first-order chi connectivity index (χ1) is 9.97. The number of benzene rings is 1. The summed E-state index contributed by atoms with van der Waals surface area (Å²) in [4.78, 5) is 24.7. The second-order valence-corrected chi connectivity index (χ2v) is 5.70. The van der Waals surface area contributed by atoms with Crippen LogP contribution in [0.25, 0.3) is 0 Å². The molecule has 1 unspecified atom stereocenters. The number of fused-ring (bicyclic) bond motifs is 1. The van der Waals surface area contributed by atoms with Crippen molar-refractivity contribution >= 4 is 23.1 Å². The van der Waals surface area contributed by atoms with Gasteiger partial charge in [0.15, 0.2) is 0 Å². The fourth-order valence-corrected chi connectivity index (χ4v) is 3.02. The molecule has 0 spiro atoms. The van der Waals surface area contributed by atoms with Gasteiger partial charge in [-0.25, -0.2) is 4.39 Å². The number of carbonyl (C=O) groups is 2. The van der Waals surface area contributed by atoms with Crippen LogP contribution in [0.5, 0.6) is 0 Å². The summed E-state index contributed by atoms with van der Waals surface area (Å²) in [6.07, 6.45) is 1.23. The smallest absolute Gasteiger partial charge is 0.296 e. The molecule has 3 rings (SSSR count). The number of piperidine rings is 1. The zero-order chi connectivity index (χ0) is 15.1. The van der Waals surface area contributed by atoms with E-state index in [0.717, 1.165) is 18.9 Å². The van der Waals surface area contributed by atoms with Crippen molar-refractivity contribution in [2.75, 3.05) is 23.3 Å². The average Bonchev–Trinajstić information content (AvgIpc) is 2.73. The highest BCUT2D eigenvalue weighted by atomic mass is 19.1. The number of aliphatic hydroxyl groups is 1. The van der Waals surface area contributed by atoms with Crippen LogP contribution in [0.15, 0.2) is 12.1 Å². The Morgan fingerprint density at radius 1 is 1.33 bits per heavy atom. The Morgan fingerprint density at radius 2 is 2.00 bits per heavy atom. The summed E-state index contributed by atoms with van der Waals surface area (Å²) in [7, 11) is 0. The quantitative estimate of drug-likeness (QED) is 0.812. The largest absolute Gasteiger partial charge is 0.393 e. The van der Waals surface area contributed by atoms with Crippen LogP contribution < -0.4 is 10.2 Å². The van der Waals surface area contributed by atoms with E-state index in [9.17, 15) is 19.1 Å². The fraction of sp³-hybridized carbons (Fsp3) is 0.467. The standard InChI is InChI=1S/C15H17FN2O3/c1-8(19)9-2-4-18(5-3-9)13-7-12-10(6-11(13)16)14(20)15(21)17-12/h6-9,19H,2-5H2,1H3,(H,17,20,21). The molecule has 0 radical (unpaired) electrons. The Kier molecular flexibility index (Phi) is 3.41. The number of halogens is 1. The van der Waals surface area contributed by atoms with Crippen molar-refractivity contribution in [3.63, 3.8) is 0 Å². The highest BCUT2D eigenvalue weighted by Crippen LogP contribution is 2.33. The molecule has 1 aromatic carbocycles. The van der Waals surface area contributed by atoms with E-state index in [1.54, 1.807) is 6.92 Å². The van der Waals surface area contributed by atoms with E-state index in [1.807, 2.05) is 4.90 Å². The van der Waals surface area contributed by atoms with Crippen LogP contribution in [0.2, 0.25) is 0 Å². The van der Waals surface area contributed by atoms with Gasteiger partial charge in [-0.3, -0.25) is 9.59 Å². The second kappa shape index (κ2) is 5.11. The van der Waals surface area contributed by atoms with Gasteiger partial charge in [0.1, 0.15) is 5.82 Å². The number of carbonyl (C=O) groups excluding carboxylic acids is 2. The van der Waals surface area contributed by atoms with Gasteiger partial charge in [0.2, 0.25) is 0 Å². The third-order valence-electron chi connectivity index (χ3n) is 4.35. The van der Waals surface area contributed by atoms with Crippen LogP contribution in [0, 0.1) is 11.7 Å². The Labute approximate surface area is 121 Å². The van der Waals surface area contributed by atoms with Crippen molar-refractivity contribution < 1.29 is 19.1 Å². The van der Waals surface area contributed by atoms with E-state index in [-0.39, 0.29) is 17.6 Å². The predicted octanol–water partition coefficient (Wildman–Crippen LogP) is 1.56. The number of Topliss-reactive ketones (excluding diaryl/α,β-unsaturated/α-hetero) is 1. The van der Waals surface area contributed by atoms with Crippen LogP contribution in [0.3, 0.4) is 0 Å². The number of ketones is 1. The first-order valence-corrected chi connectivity index (χ1v) is 7.09. The average molecular weight is 292 g/mol. The molecule has 1 atom stereocenters. The minimum Gasteiger partial charge on any atom is -0.393 e. The van der Waals surface area contributed by atoms with Gasteiger partial charge in [-0.2, -0.15) is 0 Å². The van der Waals surface area contributed by atoms with Crippen molar-refractivity contribution in [1.29, 1.82) is 0 Å². The monoisotopic (exact) mass is 292 g/mol. The molecule has 2 aliphatic rings. The third kappa shape index (κ3) is 2.40. The van der Waals surface area contributed by atoms with Gasteiger partial charge in [-0.1, -0.05) is 0 Å². The van der Waals surface area contributed by atoms with Gasteiger partial charge in [0, 0.05) is 13.1 Å². The van der Waals surface area contributed by atoms with Crippen LogP contribution in [0.1, 0.15) is 30.1 Å². The maximum atomic E-state index is 14.2. The first-order valence-electron chi connectivity index (χ1n) is 7.09. The SMILES string of the molecule is CC(O)C1CCN(c2cc3c(cc2F)C(=O)C(=O)N3)CC1. The van der Waals surface area contributed by atoms with Gasteiger partial charge in [-0.15, -0.1) is 0 Å². The van der Waals surface area contributed by atoms with Crippen molar-refractivity contribution in [3.8, 4) is 0 Å². The second-order valence-electron chi connectivity index (χ2n) is 5.70. The normalized spacial score (nSPS) is 20.4.